The van der Waals surface area contributed by atoms with Gasteiger partial charge in [-0.05, 0) is 88.0 Å². The van der Waals surface area contributed by atoms with Crippen molar-refractivity contribution in [3.8, 4) is 39.1 Å². The third-order valence-electron chi connectivity index (χ3n) is 9.59. The maximum Gasteiger partial charge on any atom is 0.0562 e. The number of nitrogens with zero attached hydrogens (tertiary/aromatic N) is 2. The Bertz CT molecular complexity index is 2550. The predicted molar refractivity (Wildman–Crippen MR) is 212 cm³/mol. The Balaban J connectivity index is 1.32. The second-order valence-electron chi connectivity index (χ2n) is 12.6. The van der Waals surface area contributed by atoms with Crippen LogP contribution in [0, 0.1) is 0 Å². The minimum atomic E-state index is 1.10. The second-order valence-corrected chi connectivity index (χ2v) is 12.6. The highest BCUT2D eigenvalue weighted by molar-refractivity contribution is 6.16. The Hall–Kier alpha value is -6.64. The molecule has 50 heavy (non-hydrogen) atoms. The van der Waals surface area contributed by atoms with E-state index in [1.54, 1.807) is 0 Å². The lowest BCUT2D eigenvalue weighted by atomic mass is 9.93. The van der Waals surface area contributed by atoms with Crippen molar-refractivity contribution >= 4 is 38.9 Å². The van der Waals surface area contributed by atoms with Gasteiger partial charge in [0.2, 0.25) is 0 Å². The van der Waals surface area contributed by atoms with E-state index in [0.717, 1.165) is 22.7 Å². The van der Waals surface area contributed by atoms with Crippen LogP contribution in [-0.4, -0.2) is 4.57 Å². The average Bonchev–Trinajstić information content (AvgIpc) is 3.55. The van der Waals surface area contributed by atoms with Gasteiger partial charge in [-0.3, -0.25) is 0 Å². The minimum absolute atomic E-state index is 1.10. The molecule has 0 aliphatic rings. The fraction of sp³-hybridized carbons (Fsp3) is 0. The molecule has 236 valence electrons. The second kappa shape index (κ2) is 12.8. The van der Waals surface area contributed by atoms with Gasteiger partial charge in [-0.25, -0.2) is 0 Å². The fourth-order valence-electron chi connectivity index (χ4n) is 7.30. The third kappa shape index (κ3) is 5.24. The lowest BCUT2D eigenvalue weighted by molar-refractivity contribution is 1.18. The van der Waals surface area contributed by atoms with Crippen molar-refractivity contribution in [2.75, 3.05) is 4.90 Å². The Kier molecular flexibility index (Phi) is 7.53. The quantitative estimate of drug-likeness (QED) is 0.169. The fourth-order valence-corrected chi connectivity index (χ4v) is 7.30. The monoisotopic (exact) mass is 638 g/mol. The first kappa shape index (κ1) is 29.5. The lowest BCUT2D eigenvalue weighted by Gasteiger charge is -2.28. The number of para-hydroxylation sites is 2. The molecule has 1 heterocycles. The first-order chi connectivity index (χ1) is 24.8. The van der Waals surface area contributed by atoms with Crippen molar-refractivity contribution < 1.29 is 0 Å². The molecule has 0 fully saturated rings. The maximum atomic E-state index is 2.43. The highest BCUT2D eigenvalue weighted by Gasteiger charge is 2.22. The molecule has 0 saturated heterocycles. The summed E-state index contributed by atoms with van der Waals surface area (Å²) in [5, 5.41) is 2.43. The molecule has 0 atom stereocenters. The third-order valence-corrected chi connectivity index (χ3v) is 9.59. The van der Waals surface area contributed by atoms with Crippen LogP contribution in [0.2, 0.25) is 0 Å². The van der Waals surface area contributed by atoms with E-state index in [2.05, 4.69) is 216 Å². The van der Waals surface area contributed by atoms with E-state index < -0.39 is 0 Å². The number of benzene rings is 8. The molecule has 0 amide bonds. The molecule has 9 rings (SSSR count). The van der Waals surface area contributed by atoms with E-state index in [0.29, 0.717) is 0 Å². The summed E-state index contributed by atoms with van der Waals surface area (Å²) in [6.45, 7) is 0. The summed E-state index contributed by atoms with van der Waals surface area (Å²) < 4.78 is 2.39. The first-order valence-corrected chi connectivity index (χ1v) is 17.1. The average molecular weight is 639 g/mol. The van der Waals surface area contributed by atoms with Crippen LogP contribution < -0.4 is 4.90 Å². The minimum Gasteiger partial charge on any atom is -0.310 e. The largest absolute Gasteiger partial charge is 0.310 e. The summed E-state index contributed by atoms with van der Waals surface area (Å²) in [5.74, 6) is 0. The molecule has 9 aromatic rings. The van der Waals surface area contributed by atoms with Gasteiger partial charge < -0.3 is 9.47 Å². The van der Waals surface area contributed by atoms with E-state index in [1.165, 1.54) is 55.2 Å². The summed E-state index contributed by atoms with van der Waals surface area (Å²) in [6.07, 6.45) is 0. The van der Waals surface area contributed by atoms with Crippen molar-refractivity contribution in [2.24, 2.45) is 0 Å². The van der Waals surface area contributed by atoms with Crippen LogP contribution in [0.3, 0.4) is 0 Å². The van der Waals surface area contributed by atoms with Gasteiger partial charge >= 0.3 is 0 Å². The molecule has 0 unspecified atom stereocenters. The Morgan fingerprint density at radius 1 is 0.340 bits per heavy atom. The van der Waals surface area contributed by atoms with Crippen LogP contribution in [0.25, 0.3) is 60.9 Å². The molecule has 0 bridgehead atoms. The summed E-state index contributed by atoms with van der Waals surface area (Å²) >= 11 is 0. The summed E-state index contributed by atoms with van der Waals surface area (Å²) in [7, 11) is 0. The number of anilines is 3. The van der Waals surface area contributed by atoms with Crippen LogP contribution >= 0.6 is 0 Å². The summed E-state index contributed by atoms with van der Waals surface area (Å²) in [4.78, 5) is 2.43. The summed E-state index contributed by atoms with van der Waals surface area (Å²) in [5.41, 5.74) is 14.0. The van der Waals surface area contributed by atoms with Crippen molar-refractivity contribution in [1.82, 2.24) is 4.57 Å². The molecule has 0 aliphatic carbocycles. The van der Waals surface area contributed by atoms with E-state index >= 15 is 0 Å². The van der Waals surface area contributed by atoms with Crippen molar-refractivity contribution in [3.63, 3.8) is 0 Å². The number of fused-ring (bicyclic) bond motifs is 3. The van der Waals surface area contributed by atoms with Gasteiger partial charge in [-0.1, -0.05) is 152 Å². The smallest absolute Gasteiger partial charge is 0.0562 e. The number of hydrogen-bond acceptors (Lipinski definition) is 1. The predicted octanol–water partition coefficient (Wildman–Crippen LogP) is 13.3. The van der Waals surface area contributed by atoms with Crippen LogP contribution in [0.4, 0.5) is 17.1 Å². The van der Waals surface area contributed by atoms with E-state index in [-0.39, 0.29) is 0 Å². The Morgan fingerprint density at radius 2 is 0.860 bits per heavy atom. The molecule has 0 aliphatic heterocycles. The van der Waals surface area contributed by atoms with E-state index in [1.807, 2.05) is 0 Å². The molecule has 0 radical (unpaired) electrons. The first-order valence-electron chi connectivity index (χ1n) is 17.1. The molecule has 8 aromatic carbocycles. The normalized spacial score (nSPS) is 11.2. The molecule has 2 heteroatoms. The van der Waals surface area contributed by atoms with Crippen LogP contribution in [0.15, 0.2) is 206 Å². The zero-order valence-electron chi connectivity index (χ0n) is 27.5. The topological polar surface area (TPSA) is 8.17 Å². The summed E-state index contributed by atoms with van der Waals surface area (Å²) in [6, 6.07) is 74.1. The molecule has 0 spiro atoms. The van der Waals surface area contributed by atoms with Crippen LogP contribution in [-0.2, 0) is 0 Å². The SMILES string of the molecule is c1ccc(-c2ccc(N(c3ccc(-c4ccccc4)c(-c4ccccc4)c3)c3cccc4c3c3ccccc3n4-c3ccccc3)cc2)cc1. The molecular formula is C48H34N2. The molecular weight excluding hydrogens is 605 g/mol. The van der Waals surface area contributed by atoms with Crippen LogP contribution in [0.1, 0.15) is 0 Å². The van der Waals surface area contributed by atoms with Crippen molar-refractivity contribution in [2.45, 2.75) is 0 Å². The van der Waals surface area contributed by atoms with Gasteiger partial charge in [0.05, 0.1) is 16.7 Å². The number of hydrogen-bond donors (Lipinski definition) is 0. The molecule has 0 N–H and O–H groups in total. The number of aromatic nitrogens is 1. The Labute approximate surface area is 292 Å². The van der Waals surface area contributed by atoms with E-state index in [9.17, 15) is 0 Å². The van der Waals surface area contributed by atoms with E-state index in [4.69, 9.17) is 0 Å². The van der Waals surface area contributed by atoms with Crippen LogP contribution in [0.5, 0.6) is 0 Å². The van der Waals surface area contributed by atoms with Gasteiger partial charge in [0.25, 0.3) is 0 Å². The van der Waals surface area contributed by atoms with Gasteiger partial charge in [-0.2, -0.15) is 0 Å². The lowest BCUT2D eigenvalue weighted by Crippen LogP contribution is -2.11. The van der Waals surface area contributed by atoms with Gasteiger partial charge in [0.1, 0.15) is 0 Å². The highest BCUT2D eigenvalue weighted by Crippen LogP contribution is 2.46. The van der Waals surface area contributed by atoms with Crippen molar-refractivity contribution in [3.05, 3.63) is 206 Å². The number of rotatable bonds is 7. The van der Waals surface area contributed by atoms with Gasteiger partial charge in [0.15, 0.2) is 0 Å². The standard InChI is InChI=1S/C48H34N2/c1-5-16-35(17-6-1)36-28-30-40(31-29-36)49(41-32-33-42(37-18-7-2-8-19-37)44(34-41)38-20-9-3-10-21-38)46-26-15-27-47-48(46)43-24-13-14-25-45(43)50(47)39-22-11-4-12-23-39/h1-34H. The highest BCUT2D eigenvalue weighted by atomic mass is 15.1. The van der Waals surface area contributed by atoms with Gasteiger partial charge in [0, 0.05) is 27.8 Å². The molecule has 2 nitrogen and oxygen atoms in total. The van der Waals surface area contributed by atoms with Gasteiger partial charge in [-0.15, -0.1) is 0 Å². The molecule has 1 aromatic heterocycles. The molecule has 0 saturated carbocycles. The maximum absolute atomic E-state index is 2.43. The zero-order chi connectivity index (χ0) is 33.3. The zero-order valence-corrected chi connectivity index (χ0v) is 27.5. The Morgan fingerprint density at radius 3 is 1.54 bits per heavy atom. The van der Waals surface area contributed by atoms with Crippen molar-refractivity contribution in [1.29, 1.82) is 0 Å².